The van der Waals surface area contributed by atoms with Gasteiger partial charge in [0.15, 0.2) is 5.78 Å². The maximum absolute atomic E-state index is 14.1. The fourth-order valence-corrected chi connectivity index (χ4v) is 4.68. The van der Waals surface area contributed by atoms with Crippen LogP contribution < -0.4 is 19.5 Å². The van der Waals surface area contributed by atoms with Crippen LogP contribution in [-0.2, 0) is 15.2 Å². The second-order valence-electron chi connectivity index (χ2n) is 8.54. The van der Waals surface area contributed by atoms with Crippen molar-refractivity contribution < 1.29 is 28.6 Å². The number of amides is 1. The first-order valence-electron chi connectivity index (χ1n) is 11.7. The predicted octanol–water partition coefficient (Wildman–Crippen LogP) is 4.57. The van der Waals surface area contributed by atoms with Crippen molar-refractivity contribution in [3.63, 3.8) is 0 Å². The monoisotopic (exact) mass is 486 g/mol. The van der Waals surface area contributed by atoms with Crippen LogP contribution >= 0.6 is 0 Å². The molecule has 2 heterocycles. The lowest BCUT2D eigenvalue weighted by Gasteiger charge is -2.27. The summed E-state index contributed by atoms with van der Waals surface area (Å²) in [6, 6.07) is 19.3. The zero-order valence-electron chi connectivity index (χ0n) is 20.2. The Labute approximate surface area is 208 Å². The molecule has 2 atom stereocenters. The molecule has 0 bridgehead atoms. The Balaban J connectivity index is 1.63. The molecule has 5 rings (SSSR count). The number of hydrogen-bond donors (Lipinski definition) is 1. The van der Waals surface area contributed by atoms with Gasteiger partial charge >= 0.3 is 0 Å². The molecule has 2 aliphatic rings. The molecule has 0 aliphatic carbocycles. The molecule has 36 heavy (non-hydrogen) atoms. The molecule has 0 unspecified atom stereocenters. The first-order valence-corrected chi connectivity index (χ1v) is 11.7. The van der Waals surface area contributed by atoms with Crippen LogP contribution in [0, 0.1) is 5.92 Å². The van der Waals surface area contributed by atoms with Gasteiger partial charge in [0.05, 0.1) is 20.8 Å². The van der Waals surface area contributed by atoms with E-state index >= 15 is 0 Å². The number of nitrogens with one attached hydrogen (secondary N) is 1. The summed E-state index contributed by atoms with van der Waals surface area (Å²) in [5, 5.41) is 7.19. The van der Waals surface area contributed by atoms with Crippen molar-refractivity contribution in [1.29, 1.82) is 0 Å². The van der Waals surface area contributed by atoms with Crippen molar-refractivity contribution in [3.8, 4) is 17.2 Å². The van der Waals surface area contributed by atoms with E-state index in [2.05, 4.69) is 10.5 Å². The Hall–Kier alpha value is -4.33. The van der Waals surface area contributed by atoms with Crippen LogP contribution in [0.3, 0.4) is 0 Å². The predicted molar refractivity (Wildman–Crippen MR) is 134 cm³/mol. The molecule has 0 fully saturated rings. The van der Waals surface area contributed by atoms with Gasteiger partial charge in [0, 0.05) is 28.4 Å². The quantitative estimate of drug-likeness (QED) is 0.469. The molecule has 0 aromatic heterocycles. The van der Waals surface area contributed by atoms with Gasteiger partial charge < -0.3 is 24.4 Å². The molecule has 0 saturated heterocycles. The minimum atomic E-state index is -1.65. The number of ketones is 1. The summed E-state index contributed by atoms with van der Waals surface area (Å²) in [7, 11) is 3.08. The number of oxime groups is 1. The fraction of sp³-hybridized carbons (Fsp3) is 0.250. The molecule has 0 radical (unpaired) electrons. The molecule has 2 aliphatic heterocycles. The smallest absolute Gasteiger partial charge is 0.277 e. The number of ether oxygens (including phenoxy) is 3. The first-order chi connectivity index (χ1) is 17.5. The number of hydrogen-bond acceptors (Lipinski definition) is 7. The van der Waals surface area contributed by atoms with Gasteiger partial charge in [0.1, 0.15) is 28.9 Å². The number of fused-ring (bicyclic) bond motifs is 2. The Kier molecular flexibility index (Phi) is 6.10. The third-order valence-corrected chi connectivity index (χ3v) is 6.44. The fourth-order valence-electron chi connectivity index (χ4n) is 4.68. The molecule has 184 valence electrons. The number of methoxy groups -OCH3 is 2. The van der Waals surface area contributed by atoms with Gasteiger partial charge in [-0.1, -0.05) is 30.3 Å². The van der Waals surface area contributed by atoms with Crippen LogP contribution in [0.5, 0.6) is 17.2 Å². The Morgan fingerprint density at radius 2 is 1.78 bits per heavy atom. The van der Waals surface area contributed by atoms with E-state index in [4.69, 9.17) is 19.0 Å². The van der Waals surface area contributed by atoms with Crippen LogP contribution in [0.25, 0.3) is 0 Å². The molecule has 8 nitrogen and oxygen atoms in total. The largest absolute Gasteiger partial charge is 0.497 e. The van der Waals surface area contributed by atoms with E-state index in [0.29, 0.717) is 51.9 Å². The highest BCUT2D eigenvalue weighted by Gasteiger charge is 2.63. The zero-order chi connectivity index (χ0) is 25.3. The lowest BCUT2D eigenvalue weighted by molar-refractivity contribution is -0.140. The van der Waals surface area contributed by atoms with Gasteiger partial charge in [-0.3, -0.25) is 9.59 Å². The van der Waals surface area contributed by atoms with Gasteiger partial charge in [-0.15, -0.1) is 0 Å². The zero-order valence-corrected chi connectivity index (χ0v) is 20.2. The van der Waals surface area contributed by atoms with Gasteiger partial charge in [-0.05, 0) is 48.9 Å². The van der Waals surface area contributed by atoms with Crippen molar-refractivity contribution in [1.82, 2.24) is 0 Å². The lowest BCUT2D eigenvalue weighted by Crippen LogP contribution is -2.46. The highest BCUT2D eigenvalue weighted by molar-refractivity contribution is 6.25. The van der Waals surface area contributed by atoms with Crippen molar-refractivity contribution in [3.05, 3.63) is 83.4 Å². The van der Waals surface area contributed by atoms with Crippen molar-refractivity contribution in [2.24, 2.45) is 11.1 Å². The van der Waals surface area contributed by atoms with Crippen molar-refractivity contribution >= 4 is 23.1 Å². The van der Waals surface area contributed by atoms with Gasteiger partial charge in [-0.25, -0.2) is 0 Å². The summed E-state index contributed by atoms with van der Waals surface area (Å²) >= 11 is 0. The highest BCUT2D eigenvalue weighted by atomic mass is 16.7. The molecule has 1 amide bonds. The van der Waals surface area contributed by atoms with E-state index in [0.717, 1.165) is 6.42 Å². The summed E-state index contributed by atoms with van der Waals surface area (Å²) < 4.78 is 16.6. The van der Waals surface area contributed by atoms with E-state index in [-0.39, 0.29) is 5.78 Å². The maximum atomic E-state index is 14.1. The topological polar surface area (TPSA) is 95.5 Å². The SMILES string of the molecule is CCCOc1ccc(C(=O)[C@@H]2C(c3ccc(OC)cc3OC)=NO[C@@]23C(=O)Nc2ccccc23)cc1. The number of benzene rings is 3. The van der Waals surface area contributed by atoms with Crippen LogP contribution in [0.2, 0.25) is 0 Å². The standard InChI is InChI=1S/C28H26N2O6/c1-4-15-35-18-11-9-17(10-12-18)26(31)24-25(20-14-13-19(33-2)16-23(20)34-3)30-36-28(24)21-7-5-6-8-22(21)29-27(28)32/h5-14,16,24H,4,15H2,1-3H3,(H,29,32)/t24-,28+/m0/s1. The van der Waals surface area contributed by atoms with Crippen LogP contribution in [0.15, 0.2) is 71.9 Å². The van der Waals surface area contributed by atoms with E-state index in [1.165, 1.54) is 7.11 Å². The average Bonchev–Trinajstić information content (AvgIpc) is 3.45. The Morgan fingerprint density at radius 1 is 1.03 bits per heavy atom. The van der Waals surface area contributed by atoms with Crippen molar-refractivity contribution in [2.45, 2.75) is 18.9 Å². The van der Waals surface area contributed by atoms with Crippen molar-refractivity contribution in [2.75, 3.05) is 26.1 Å². The molecule has 8 heteroatoms. The molecule has 0 saturated carbocycles. The normalized spacial score (nSPS) is 19.8. The summed E-state index contributed by atoms with van der Waals surface area (Å²) in [5.41, 5.74) is 0.743. The van der Waals surface area contributed by atoms with Gasteiger partial charge in [0.2, 0.25) is 0 Å². The number of anilines is 1. The summed E-state index contributed by atoms with van der Waals surface area (Å²) in [4.78, 5) is 33.6. The third-order valence-electron chi connectivity index (χ3n) is 6.44. The highest BCUT2D eigenvalue weighted by Crippen LogP contribution is 2.50. The third kappa shape index (κ3) is 3.66. The van der Waals surface area contributed by atoms with Crippen LogP contribution in [0.1, 0.15) is 34.8 Å². The molecular weight excluding hydrogens is 460 g/mol. The second kappa shape index (κ2) is 9.37. The molecule has 3 aromatic carbocycles. The summed E-state index contributed by atoms with van der Waals surface area (Å²) in [5.74, 6) is -0.124. The Bertz CT molecular complexity index is 1350. The lowest BCUT2D eigenvalue weighted by atomic mass is 9.74. The molecule has 3 aromatic rings. The number of rotatable bonds is 8. The number of carbonyl (C=O) groups excluding carboxylic acids is 2. The molecule has 1 N–H and O–H groups in total. The summed E-state index contributed by atoms with van der Waals surface area (Å²) in [6.07, 6.45) is 0.876. The average molecular weight is 487 g/mol. The maximum Gasteiger partial charge on any atom is 0.277 e. The van der Waals surface area contributed by atoms with Gasteiger partial charge in [-0.2, -0.15) is 0 Å². The van der Waals surface area contributed by atoms with E-state index < -0.39 is 17.4 Å². The Morgan fingerprint density at radius 3 is 2.50 bits per heavy atom. The number of para-hydroxylation sites is 1. The van der Waals surface area contributed by atoms with E-state index in [9.17, 15) is 9.59 Å². The minimum Gasteiger partial charge on any atom is -0.497 e. The van der Waals surface area contributed by atoms with E-state index in [1.807, 2.05) is 13.0 Å². The molecule has 1 spiro atoms. The van der Waals surface area contributed by atoms with Crippen LogP contribution in [-0.4, -0.2) is 38.2 Å². The first kappa shape index (κ1) is 23.4. The molecular formula is C28H26N2O6. The summed E-state index contributed by atoms with van der Waals surface area (Å²) in [6.45, 7) is 2.61. The number of Topliss-reactive ketones (excluding diaryl/α,β-unsaturated/α-hetero) is 1. The number of carbonyl (C=O) groups is 2. The number of nitrogens with zero attached hydrogens (tertiary/aromatic N) is 1. The van der Waals surface area contributed by atoms with Crippen LogP contribution in [0.4, 0.5) is 5.69 Å². The minimum absolute atomic E-state index is 0.303. The van der Waals surface area contributed by atoms with E-state index in [1.54, 1.807) is 67.8 Å². The second-order valence-corrected chi connectivity index (χ2v) is 8.54. The van der Waals surface area contributed by atoms with Gasteiger partial charge in [0.25, 0.3) is 11.5 Å².